The van der Waals surface area contributed by atoms with E-state index in [4.69, 9.17) is 9.47 Å². The molecular formula is C20H28N4O3. The van der Waals surface area contributed by atoms with Gasteiger partial charge in [-0.1, -0.05) is 6.42 Å². The van der Waals surface area contributed by atoms with Crippen LogP contribution in [0.25, 0.3) is 10.9 Å². The zero-order valence-electron chi connectivity index (χ0n) is 15.9. The summed E-state index contributed by atoms with van der Waals surface area (Å²) in [5.74, 6) is 1.93. The number of aromatic nitrogens is 3. The van der Waals surface area contributed by atoms with Crippen LogP contribution in [0.1, 0.15) is 39.0 Å². The summed E-state index contributed by atoms with van der Waals surface area (Å²) < 4.78 is 13.8. The van der Waals surface area contributed by atoms with Crippen molar-refractivity contribution in [3.8, 4) is 5.88 Å². The smallest absolute Gasteiger partial charge is 0.224 e. The van der Waals surface area contributed by atoms with Gasteiger partial charge in [0, 0.05) is 26.2 Å². The second-order valence-corrected chi connectivity index (χ2v) is 7.80. The van der Waals surface area contributed by atoms with Gasteiger partial charge in [-0.2, -0.15) is 5.10 Å². The van der Waals surface area contributed by atoms with Crippen molar-refractivity contribution in [1.82, 2.24) is 20.1 Å². The first-order valence-electron chi connectivity index (χ1n) is 9.98. The molecule has 0 atom stereocenters. The number of rotatable bonds is 9. The summed E-state index contributed by atoms with van der Waals surface area (Å²) in [6, 6.07) is 2.02. The van der Waals surface area contributed by atoms with E-state index in [1.54, 1.807) is 0 Å². The van der Waals surface area contributed by atoms with E-state index in [1.807, 2.05) is 18.5 Å². The summed E-state index contributed by atoms with van der Waals surface area (Å²) in [4.78, 5) is 15.2. The number of fused-ring (bicyclic) bond motifs is 1. The van der Waals surface area contributed by atoms with Gasteiger partial charge in [0.2, 0.25) is 11.8 Å². The summed E-state index contributed by atoms with van der Waals surface area (Å²) in [7, 11) is 0. The topological polar surface area (TPSA) is 78.3 Å². The number of amides is 1. The minimum absolute atomic E-state index is 0.0174. The number of hydrogen-bond acceptors (Lipinski definition) is 5. The Hall–Kier alpha value is -2.15. The maximum Gasteiger partial charge on any atom is 0.224 e. The molecule has 2 fully saturated rings. The fourth-order valence-electron chi connectivity index (χ4n) is 3.76. The average molecular weight is 372 g/mol. The summed E-state index contributed by atoms with van der Waals surface area (Å²) in [6.45, 7) is 4.31. The molecule has 7 nitrogen and oxygen atoms in total. The Morgan fingerprint density at radius 2 is 2.19 bits per heavy atom. The highest BCUT2D eigenvalue weighted by atomic mass is 16.5. The van der Waals surface area contributed by atoms with Gasteiger partial charge in [-0.05, 0) is 43.6 Å². The van der Waals surface area contributed by atoms with E-state index < -0.39 is 0 Å². The molecule has 1 amide bonds. The Morgan fingerprint density at radius 3 is 2.93 bits per heavy atom. The molecule has 2 aliphatic rings. The Kier molecular flexibility index (Phi) is 5.57. The van der Waals surface area contributed by atoms with Crippen LogP contribution in [-0.4, -0.2) is 46.5 Å². The van der Waals surface area contributed by atoms with Gasteiger partial charge in [-0.25, -0.2) is 4.98 Å². The van der Waals surface area contributed by atoms with Crippen molar-refractivity contribution in [2.45, 2.75) is 51.7 Å². The van der Waals surface area contributed by atoms with Crippen LogP contribution in [0, 0.1) is 11.8 Å². The van der Waals surface area contributed by atoms with Gasteiger partial charge >= 0.3 is 0 Å². The predicted molar refractivity (Wildman–Crippen MR) is 102 cm³/mol. The normalized spacial score (nSPS) is 22.3. The molecular weight excluding hydrogens is 344 g/mol. The largest absolute Gasteiger partial charge is 0.477 e. The average Bonchev–Trinajstić information content (AvgIpc) is 2.99. The standard InChI is InChI=1S/C20H28N4O3/c1-14(25)21-7-8-26-17-9-16(10-17)13-27-20-18-11-23-24(12-15-3-2-4-15)19(18)5-6-22-20/h5-6,11,15-17H,2-4,7-10,12-13H2,1H3,(H,21,25). The minimum Gasteiger partial charge on any atom is -0.477 e. The number of nitrogens with one attached hydrogen (secondary N) is 1. The SMILES string of the molecule is CC(=O)NCCOC1CC(COc2nccc3c2cnn3CC2CCC2)C1. The summed E-state index contributed by atoms with van der Waals surface area (Å²) in [6.07, 6.45) is 9.93. The molecule has 0 spiro atoms. The molecule has 27 heavy (non-hydrogen) atoms. The van der Waals surface area contributed by atoms with Gasteiger partial charge in [0.1, 0.15) is 0 Å². The first-order chi connectivity index (χ1) is 13.2. The third kappa shape index (κ3) is 4.40. The first-order valence-corrected chi connectivity index (χ1v) is 9.98. The number of carbonyl (C=O) groups excluding carboxylic acids is 1. The third-order valence-corrected chi connectivity index (χ3v) is 5.67. The third-order valence-electron chi connectivity index (χ3n) is 5.67. The second-order valence-electron chi connectivity index (χ2n) is 7.80. The van der Waals surface area contributed by atoms with Crippen LogP contribution in [0.4, 0.5) is 0 Å². The highest BCUT2D eigenvalue weighted by molar-refractivity contribution is 5.83. The van der Waals surface area contributed by atoms with Crippen LogP contribution in [0.5, 0.6) is 5.88 Å². The number of carbonyl (C=O) groups is 1. The molecule has 2 aromatic heterocycles. The van der Waals surface area contributed by atoms with Gasteiger partial charge in [-0.15, -0.1) is 0 Å². The van der Waals surface area contributed by atoms with E-state index in [2.05, 4.69) is 20.1 Å². The fraction of sp³-hybridized carbons (Fsp3) is 0.650. The monoisotopic (exact) mass is 372 g/mol. The molecule has 146 valence electrons. The minimum atomic E-state index is -0.0174. The fourth-order valence-corrected chi connectivity index (χ4v) is 3.76. The highest BCUT2D eigenvalue weighted by Gasteiger charge is 2.30. The van der Waals surface area contributed by atoms with Gasteiger partial charge in [0.25, 0.3) is 0 Å². The van der Waals surface area contributed by atoms with Crippen LogP contribution >= 0.6 is 0 Å². The molecule has 0 saturated heterocycles. The van der Waals surface area contributed by atoms with Crippen molar-refractivity contribution in [1.29, 1.82) is 0 Å². The molecule has 2 heterocycles. The Morgan fingerprint density at radius 1 is 1.33 bits per heavy atom. The van der Waals surface area contributed by atoms with Crippen LogP contribution in [-0.2, 0) is 16.1 Å². The maximum atomic E-state index is 10.8. The Balaban J connectivity index is 1.23. The van der Waals surface area contributed by atoms with E-state index in [-0.39, 0.29) is 12.0 Å². The van der Waals surface area contributed by atoms with Crippen LogP contribution in [0.2, 0.25) is 0 Å². The lowest BCUT2D eigenvalue weighted by Gasteiger charge is -2.34. The molecule has 0 aliphatic heterocycles. The zero-order chi connectivity index (χ0) is 18.6. The van der Waals surface area contributed by atoms with Crippen molar-refractivity contribution in [2.75, 3.05) is 19.8 Å². The van der Waals surface area contributed by atoms with Gasteiger partial charge in [-0.3, -0.25) is 9.48 Å². The van der Waals surface area contributed by atoms with E-state index >= 15 is 0 Å². The first kappa shape index (κ1) is 18.2. The second kappa shape index (κ2) is 8.25. The lowest BCUT2D eigenvalue weighted by Crippen LogP contribution is -2.37. The van der Waals surface area contributed by atoms with Crippen molar-refractivity contribution in [2.24, 2.45) is 11.8 Å². The van der Waals surface area contributed by atoms with E-state index in [1.165, 1.54) is 26.2 Å². The van der Waals surface area contributed by atoms with Crippen LogP contribution < -0.4 is 10.1 Å². The van der Waals surface area contributed by atoms with Gasteiger partial charge in [0.05, 0.1) is 36.4 Å². The molecule has 2 aliphatic carbocycles. The molecule has 4 rings (SSSR count). The molecule has 0 aromatic carbocycles. The summed E-state index contributed by atoms with van der Waals surface area (Å²) in [5.41, 5.74) is 1.11. The van der Waals surface area contributed by atoms with Gasteiger partial charge in [0.15, 0.2) is 0 Å². The number of ether oxygens (including phenoxy) is 2. The molecule has 2 saturated carbocycles. The van der Waals surface area contributed by atoms with E-state index in [0.717, 1.165) is 36.2 Å². The predicted octanol–water partition coefficient (Wildman–Crippen LogP) is 2.54. The maximum absolute atomic E-state index is 10.8. The van der Waals surface area contributed by atoms with Crippen LogP contribution in [0.3, 0.4) is 0 Å². The molecule has 1 N–H and O–H groups in total. The lowest BCUT2D eigenvalue weighted by molar-refractivity contribution is -0.119. The molecule has 2 aromatic rings. The molecule has 0 radical (unpaired) electrons. The molecule has 0 unspecified atom stereocenters. The van der Waals surface area contributed by atoms with Crippen molar-refractivity contribution >= 4 is 16.8 Å². The van der Waals surface area contributed by atoms with Crippen molar-refractivity contribution in [3.05, 3.63) is 18.5 Å². The number of pyridine rings is 1. The van der Waals surface area contributed by atoms with Crippen LogP contribution in [0.15, 0.2) is 18.5 Å². The quantitative estimate of drug-likeness (QED) is 0.685. The van der Waals surface area contributed by atoms with Crippen molar-refractivity contribution in [3.63, 3.8) is 0 Å². The van der Waals surface area contributed by atoms with E-state index in [0.29, 0.717) is 31.6 Å². The molecule has 0 bridgehead atoms. The Labute approximate surface area is 159 Å². The summed E-state index contributed by atoms with van der Waals surface area (Å²) in [5, 5.41) is 8.29. The Bertz CT molecular complexity index is 781. The lowest BCUT2D eigenvalue weighted by atomic mass is 9.83. The van der Waals surface area contributed by atoms with Crippen molar-refractivity contribution < 1.29 is 14.3 Å². The summed E-state index contributed by atoms with van der Waals surface area (Å²) >= 11 is 0. The van der Waals surface area contributed by atoms with Gasteiger partial charge < -0.3 is 14.8 Å². The molecule has 7 heteroatoms. The highest BCUT2D eigenvalue weighted by Crippen LogP contribution is 2.32. The number of nitrogens with zero attached hydrogens (tertiary/aromatic N) is 3. The zero-order valence-corrected chi connectivity index (χ0v) is 15.9. The van der Waals surface area contributed by atoms with E-state index in [9.17, 15) is 4.79 Å². The number of hydrogen-bond donors (Lipinski definition) is 1.